The minimum absolute atomic E-state index is 0.163. The summed E-state index contributed by atoms with van der Waals surface area (Å²) in [6.45, 7) is 1.94. The van der Waals surface area contributed by atoms with Crippen LogP contribution in [0.25, 0.3) is 0 Å². The molecule has 1 fully saturated rings. The Bertz CT molecular complexity index is 956. The van der Waals surface area contributed by atoms with Crippen LogP contribution < -0.4 is 10.6 Å². The van der Waals surface area contributed by atoms with Gasteiger partial charge in [-0.05, 0) is 49.8 Å². The molecule has 0 unspecified atom stereocenters. The highest BCUT2D eigenvalue weighted by molar-refractivity contribution is 5.73. The van der Waals surface area contributed by atoms with Crippen LogP contribution in [0.4, 0.5) is 9.59 Å². The maximum absolute atomic E-state index is 12.4. The fourth-order valence-corrected chi connectivity index (χ4v) is 4.23. The number of unbranched alkanes of at least 4 members (excludes halogenated alkanes) is 1. The molecule has 0 aliphatic carbocycles. The van der Waals surface area contributed by atoms with E-state index < -0.39 is 24.2 Å². The highest BCUT2D eigenvalue weighted by Crippen LogP contribution is 2.19. The first-order chi connectivity index (χ1) is 17.5. The summed E-state index contributed by atoms with van der Waals surface area (Å²) in [6, 6.07) is 18.1. The van der Waals surface area contributed by atoms with E-state index in [9.17, 15) is 19.5 Å². The summed E-state index contributed by atoms with van der Waals surface area (Å²) in [7, 11) is 0. The van der Waals surface area contributed by atoms with E-state index in [1.807, 2.05) is 65.6 Å². The first-order valence-electron chi connectivity index (χ1n) is 12.4. The zero-order valence-electron chi connectivity index (χ0n) is 20.4. The summed E-state index contributed by atoms with van der Waals surface area (Å²) in [5.41, 5.74) is 1.81. The monoisotopic (exact) mass is 497 g/mol. The van der Waals surface area contributed by atoms with E-state index in [2.05, 4.69) is 10.6 Å². The molecule has 2 amide bonds. The SMILES string of the molecule is O=C(NCCCC[C@@H](CN1CCC[C@H]1C(=O)O)NC(=O)OCc1ccccc1)OCc1ccccc1. The van der Waals surface area contributed by atoms with Gasteiger partial charge in [-0.3, -0.25) is 9.69 Å². The number of amides is 2. The van der Waals surface area contributed by atoms with Crippen LogP contribution in [0.15, 0.2) is 60.7 Å². The zero-order chi connectivity index (χ0) is 25.6. The zero-order valence-corrected chi connectivity index (χ0v) is 20.4. The molecule has 0 bridgehead atoms. The summed E-state index contributed by atoms with van der Waals surface area (Å²) in [5.74, 6) is -0.837. The van der Waals surface area contributed by atoms with Gasteiger partial charge in [-0.1, -0.05) is 60.7 Å². The summed E-state index contributed by atoms with van der Waals surface area (Å²) in [4.78, 5) is 37.8. The van der Waals surface area contributed by atoms with Crippen LogP contribution in [0.5, 0.6) is 0 Å². The van der Waals surface area contributed by atoms with Crippen LogP contribution in [-0.4, -0.2) is 59.9 Å². The van der Waals surface area contributed by atoms with Gasteiger partial charge in [0.1, 0.15) is 19.3 Å². The fourth-order valence-electron chi connectivity index (χ4n) is 4.23. The van der Waals surface area contributed by atoms with Gasteiger partial charge in [0.25, 0.3) is 0 Å². The number of nitrogens with zero attached hydrogens (tertiary/aromatic N) is 1. The Balaban J connectivity index is 1.41. The summed E-state index contributed by atoms with van der Waals surface area (Å²) >= 11 is 0. The Morgan fingerprint density at radius 3 is 2.14 bits per heavy atom. The number of carbonyl (C=O) groups excluding carboxylic acids is 2. The van der Waals surface area contributed by atoms with Crippen molar-refractivity contribution in [3.05, 3.63) is 71.8 Å². The number of alkyl carbamates (subject to hydrolysis) is 2. The summed E-state index contributed by atoms with van der Waals surface area (Å²) < 4.78 is 10.6. The van der Waals surface area contributed by atoms with Crippen molar-refractivity contribution in [2.24, 2.45) is 0 Å². The van der Waals surface area contributed by atoms with Crippen molar-refractivity contribution < 1.29 is 29.0 Å². The third-order valence-electron chi connectivity index (χ3n) is 6.10. The molecule has 2 aromatic rings. The third kappa shape index (κ3) is 9.58. The van der Waals surface area contributed by atoms with Gasteiger partial charge in [0.15, 0.2) is 0 Å². The van der Waals surface area contributed by atoms with Gasteiger partial charge in [-0.15, -0.1) is 0 Å². The van der Waals surface area contributed by atoms with Gasteiger partial charge in [-0.2, -0.15) is 0 Å². The number of aliphatic carboxylic acids is 1. The molecule has 194 valence electrons. The van der Waals surface area contributed by atoms with E-state index in [4.69, 9.17) is 9.47 Å². The van der Waals surface area contributed by atoms with Gasteiger partial charge in [0, 0.05) is 19.1 Å². The molecular weight excluding hydrogens is 462 g/mol. The van der Waals surface area contributed by atoms with Gasteiger partial charge < -0.3 is 25.2 Å². The summed E-state index contributed by atoms with van der Waals surface area (Å²) in [5, 5.41) is 15.1. The summed E-state index contributed by atoms with van der Waals surface area (Å²) in [6.07, 6.45) is 2.47. The van der Waals surface area contributed by atoms with Gasteiger partial charge in [0.2, 0.25) is 0 Å². The molecule has 36 heavy (non-hydrogen) atoms. The predicted octanol–water partition coefficient (Wildman–Crippen LogP) is 3.93. The third-order valence-corrected chi connectivity index (χ3v) is 6.10. The molecule has 9 nitrogen and oxygen atoms in total. The molecule has 3 N–H and O–H groups in total. The van der Waals surface area contributed by atoms with E-state index in [0.29, 0.717) is 38.9 Å². The van der Waals surface area contributed by atoms with Crippen molar-refractivity contribution in [2.45, 2.75) is 57.4 Å². The van der Waals surface area contributed by atoms with Crippen molar-refractivity contribution in [3.63, 3.8) is 0 Å². The number of likely N-dealkylation sites (tertiary alicyclic amines) is 1. The van der Waals surface area contributed by atoms with Gasteiger partial charge >= 0.3 is 18.2 Å². The number of hydrogen-bond donors (Lipinski definition) is 3. The first kappa shape index (κ1) is 27.0. The standard InChI is InChI=1S/C27H35N3O6/c31-25(32)24-15-9-17-30(24)18-23(29-27(34)36-20-22-12-5-2-6-13-22)14-7-8-16-28-26(33)35-19-21-10-3-1-4-11-21/h1-6,10-13,23-24H,7-9,14-20H2,(H,28,33)(H,29,34)(H,31,32)/t23-,24-/m0/s1. The topological polar surface area (TPSA) is 117 Å². The van der Waals surface area contributed by atoms with Gasteiger partial charge in [-0.25, -0.2) is 9.59 Å². The molecule has 3 rings (SSSR count). The molecule has 0 saturated carbocycles. The van der Waals surface area contributed by atoms with Crippen molar-refractivity contribution >= 4 is 18.2 Å². The van der Waals surface area contributed by atoms with Crippen molar-refractivity contribution in [1.29, 1.82) is 0 Å². The number of hydrogen-bond acceptors (Lipinski definition) is 6. The van der Waals surface area contributed by atoms with Gasteiger partial charge in [0.05, 0.1) is 0 Å². The number of nitrogens with one attached hydrogen (secondary N) is 2. The van der Waals surface area contributed by atoms with Crippen LogP contribution >= 0.6 is 0 Å². The number of ether oxygens (including phenoxy) is 2. The van der Waals surface area contributed by atoms with Crippen LogP contribution in [0.2, 0.25) is 0 Å². The lowest BCUT2D eigenvalue weighted by Crippen LogP contribution is -2.47. The lowest BCUT2D eigenvalue weighted by Gasteiger charge is -2.27. The van der Waals surface area contributed by atoms with Crippen LogP contribution in [0, 0.1) is 0 Å². The molecule has 2 aromatic carbocycles. The molecule has 1 aliphatic heterocycles. The van der Waals surface area contributed by atoms with Crippen LogP contribution in [-0.2, 0) is 27.5 Å². The predicted molar refractivity (Wildman–Crippen MR) is 134 cm³/mol. The van der Waals surface area contributed by atoms with E-state index in [1.165, 1.54) is 0 Å². The fraction of sp³-hybridized carbons (Fsp3) is 0.444. The molecular formula is C27H35N3O6. The number of carbonyl (C=O) groups is 3. The lowest BCUT2D eigenvalue weighted by molar-refractivity contribution is -0.142. The average molecular weight is 498 g/mol. The lowest BCUT2D eigenvalue weighted by atomic mass is 10.1. The second-order valence-corrected chi connectivity index (χ2v) is 8.88. The highest BCUT2D eigenvalue weighted by Gasteiger charge is 2.32. The largest absolute Gasteiger partial charge is 0.480 e. The van der Waals surface area contributed by atoms with E-state index in [1.54, 1.807) is 0 Å². The molecule has 0 spiro atoms. The van der Waals surface area contributed by atoms with Crippen molar-refractivity contribution in [3.8, 4) is 0 Å². The molecule has 9 heteroatoms. The first-order valence-corrected chi connectivity index (χ1v) is 12.4. The molecule has 0 aromatic heterocycles. The Labute approximate surface area is 211 Å². The Kier molecular flexibility index (Phi) is 11.0. The Morgan fingerprint density at radius 2 is 1.53 bits per heavy atom. The number of carboxylic acids is 1. The number of carboxylic acid groups (broad SMARTS) is 1. The molecule has 1 heterocycles. The van der Waals surface area contributed by atoms with Crippen LogP contribution in [0.3, 0.4) is 0 Å². The number of benzene rings is 2. The van der Waals surface area contributed by atoms with Crippen LogP contribution in [0.1, 0.15) is 43.2 Å². The Hall–Kier alpha value is -3.59. The minimum atomic E-state index is -0.837. The molecule has 0 radical (unpaired) electrons. The Morgan fingerprint density at radius 1 is 0.917 bits per heavy atom. The van der Waals surface area contributed by atoms with E-state index in [0.717, 1.165) is 24.0 Å². The quantitative estimate of drug-likeness (QED) is 0.359. The molecule has 2 atom stereocenters. The van der Waals surface area contributed by atoms with E-state index in [-0.39, 0.29) is 19.3 Å². The second kappa shape index (κ2) is 14.7. The molecule has 1 aliphatic rings. The maximum atomic E-state index is 12.4. The smallest absolute Gasteiger partial charge is 0.407 e. The average Bonchev–Trinajstić information content (AvgIpc) is 3.36. The number of rotatable bonds is 13. The maximum Gasteiger partial charge on any atom is 0.407 e. The van der Waals surface area contributed by atoms with Crippen molar-refractivity contribution in [1.82, 2.24) is 15.5 Å². The molecule has 1 saturated heterocycles. The normalized spacial score (nSPS) is 16.2. The minimum Gasteiger partial charge on any atom is -0.480 e. The second-order valence-electron chi connectivity index (χ2n) is 8.88. The van der Waals surface area contributed by atoms with E-state index >= 15 is 0 Å². The highest BCUT2D eigenvalue weighted by atomic mass is 16.6. The van der Waals surface area contributed by atoms with Crippen molar-refractivity contribution in [2.75, 3.05) is 19.6 Å².